The fraction of sp³-hybridized carbons (Fsp3) is 0.667. The fourth-order valence-corrected chi connectivity index (χ4v) is 2.76. The first-order valence-electron chi connectivity index (χ1n) is 7.11. The molecule has 1 aromatic heterocycles. The number of methoxy groups -OCH3 is 2. The van der Waals surface area contributed by atoms with Crippen molar-refractivity contribution in [3.8, 4) is 11.5 Å². The van der Waals surface area contributed by atoms with E-state index in [-0.39, 0.29) is 0 Å². The minimum atomic E-state index is 0.733. The van der Waals surface area contributed by atoms with Gasteiger partial charge in [0, 0.05) is 18.8 Å². The monoisotopic (exact) mass is 264 g/mol. The predicted octanol–water partition coefficient (Wildman–Crippen LogP) is 2.77. The molecule has 0 bridgehead atoms. The van der Waals surface area contributed by atoms with Crippen LogP contribution in [0.3, 0.4) is 0 Å². The van der Waals surface area contributed by atoms with Gasteiger partial charge < -0.3 is 14.8 Å². The molecule has 0 aromatic carbocycles. The molecule has 1 aliphatic rings. The van der Waals surface area contributed by atoms with E-state index in [1.165, 1.54) is 32.1 Å². The third-order valence-electron chi connectivity index (χ3n) is 3.82. The van der Waals surface area contributed by atoms with Crippen molar-refractivity contribution >= 4 is 0 Å². The zero-order chi connectivity index (χ0) is 13.5. The highest BCUT2D eigenvalue weighted by molar-refractivity contribution is 5.42. The van der Waals surface area contributed by atoms with E-state index in [0.29, 0.717) is 0 Å². The minimum absolute atomic E-state index is 0.733. The van der Waals surface area contributed by atoms with E-state index in [2.05, 4.69) is 10.3 Å². The van der Waals surface area contributed by atoms with E-state index >= 15 is 0 Å². The van der Waals surface area contributed by atoms with Crippen molar-refractivity contribution in [1.82, 2.24) is 10.3 Å². The summed E-state index contributed by atoms with van der Waals surface area (Å²) in [5.41, 5.74) is 0.914. The van der Waals surface area contributed by atoms with Crippen LogP contribution in [0.1, 0.15) is 37.8 Å². The predicted molar refractivity (Wildman–Crippen MR) is 75.6 cm³/mol. The van der Waals surface area contributed by atoms with E-state index in [9.17, 15) is 0 Å². The third-order valence-corrected chi connectivity index (χ3v) is 3.82. The molecule has 1 aromatic rings. The van der Waals surface area contributed by atoms with Crippen LogP contribution in [0.2, 0.25) is 0 Å². The number of ether oxygens (including phenoxy) is 2. The van der Waals surface area contributed by atoms with E-state index in [1.54, 1.807) is 20.4 Å². The average Bonchev–Trinajstić information content (AvgIpc) is 2.48. The lowest BCUT2D eigenvalue weighted by Gasteiger charge is -2.22. The zero-order valence-corrected chi connectivity index (χ0v) is 11.9. The number of rotatable bonds is 6. The van der Waals surface area contributed by atoms with Crippen LogP contribution in [0.15, 0.2) is 12.3 Å². The molecule has 0 aliphatic heterocycles. The lowest BCUT2D eigenvalue weighted by Crippen LogP contribution is -2.24. The summed E-state index contributed by atoms with van der Waals surface area (Å²) in [4.78, 5) is 4.37. The van der Waals surface area contributed by atoms with Gasteiger partial charge in [-0.1, -0.05) is 19.3 Å². The first kappa shape index (κ1) is 14.1. The second kappa shape index (κ2) is 7.34. The van der Waals surface area contributed by atoms with Gasteiger partial charge in [0.2, 0.25) is 0 Å². The molecule has 1 saturated carbocycles. The molecule has 1 fully saturated rings. The van der Waals surface area contributed by atoms with Crippen LogP contribution in [0.4, 0.5) is 0 Å². The molecule has 4 heteroatoms. The van der Waals surface area contributed by atoms with Gasteiger partial charge in [-0.15, -0.1) is 0 Å². The maximum Gasteiger partial charge on any atom is 0.183 e. The van der Waals surface area contributed by atoms with Gasteiger partial charge in [-0.2, -0.15) is 0 Å². The van der Waals surface area contributed by atoms with Crippen molar-refractivity contribution in [2.45, 2.75) is 38.6 Å². The van der Waals surface area contributed by atoms with Crippen molar-refractivity contribution in [3.05, 3.63) is 18.0 Å². The number of aromatic nitrogens is 1. The number of nitrogens with one attached hydrogen (secondary N) is 1. The van der Waals surface area contributed by atoms with Gasteiger partial charge in [0.1, 0.15) is 0 Å². The number of nitrogens with zero attached hydrogens (tertiary/aromatic N) is 1. The Balaban J connectivity index is 1.88. The van der Waals surface area contributed by atoms with E-state index in [4.69, 9.17) is 9.47 Å². The Morgan fingerprint density at radius 1 is 1.21 bits per heavy atom. The molecular formula is C15H24N2O2. The van der Waals surface area contributed by atoms with Crippen LogP contribution in [0, 0.1) is 5.92 Å². The third kappa shape index (κ3) is 3.83. The van der Waals surface area contributed by atoms with Crippen molar-refractivity contribution < 1.29 is 9.47 Å². The molecular weight excluding hydrogens is 240 g/mol. The van der Waals surface area contributed by atoms with Crippen molar-refractivity contribution in [1.29, 1.82) is 0 Å². The highest BCUT2D eigenvalue weighted by Crippen LogP contribution is 2.29. The minimum Gasteiger partial charge on any atom is -0.493 e. The topological polar surface area (TPSA) is 43.4 Å². The number of pyridine rings is 1. The quantitative estimate of drug-likeness (QED) is 0.858. The zero-order valence-electron chi connectivity index (χ0n) is 11.9. The second-order valence-electron chi connectivity index (χ2n) is 5.13. The van der Waals surface area contributed by atoms with Gasteiger partial charge in [-0.25, -0.2) is 0 Å². The van der Waals surface area contributed by atoms with Gasteiger partial charge in [0.25, 0.3) is 0 Å². The van der Waals surface area contributed by atoms with Crippen LogP contribution >= 0.6 is 0 Å². The van der Waals surface area contributed by atoms with Crippen LogP contribution < -0.4 is 14.8 Å². The maximum atomic E-state index is 5.38. The van der Waals surface area contributed by atoms with Crippen LogP contribution in [0.25, 0.3) is 0 Å². The van der Waals surface area contributed by atoms with Crippen molar-refractivity contribution in [2.24, 2.45) is 5.92 Å². The molecule has 0 saturated heterocycles. The summed E-state index contributed by atoms with van der Waals surface area (Å²) in [5, 5.41) is 3.50. The molecule has 4 nitrogen and oxygen atoms in total. The van der Waals surface area contributed by atoms with Gasteiger partial charge in [0.15, 0.2) is 11.5 Å². The Labute approximate surface area is 115 Å². The molecule has 1 aliphatic carbocycles. The fourth-order valence-electron chi connectivity index (χ4n) is 2.76. The molecule has 2 rings (SSSR count). The summed E-state index contributed by atoms with van der Waals surface area (Å²) >= 11 is 0. The van der Waals surface area contributed by atoms with Gasteiger partial charge in [-0.05, 0) is 25.3 Å². The first-order chi connectivity index (χ1) is 9.35. The molecule has 0 spiro atoms. The molecule has 0 amide bonds. The summed E-state index contributed by atoms with van der Waals surface area (Å²) in [5.74, 6) is 2.30. The smallest absolute Gasteiger partial charge is 0.183 e. The maximum absolute atomic E-state index is 5.38. The first-order valence-corrected chi connectivity index (χ1v) is 7.11. The summed E-state index contributed by atoms with van der Waals surface area (Å²) in [6.45, 7) is 1.80. The summed E-state index contributed by atoms with van der Waals surface area (Å²) in [6.07, 6.45) is 8.65. The highest BCUT2D eigenvalue weighted by atomic mass is 16.5. The van der Waals surface area contributed by atoms with E-state index < -0.39 is 0 Å². The van der Waals surface area contributed by atoms with Crippen molar-refractivity contribution in [2.75, 3.05) is 20.8 Å². The standard InChI is InChI=1S/C15H24N2O2/c1-18-14-8-9-17-13(15(14)19-2)11-16-10-12-6-4-3-5-7-12/h8-9,12,16H,3-7,10-11H2,1-2H3. The van der Waals surface area contributed by atoms with Crippen molar-refractivity contribution in [3.63, 3.8) is 0 Å². The molecule has 19 heavy (non-hydrogen) atoms. The van der Waals surface area contributed by atoms with Gasteiger partial charge in [0.05, 0.1) is 19.9 Å². The Hall–Kier alpha value is -1.29. The Morgan fingerprint density at radius 2 is 2.00 bits per heavy atom. The molecule has 1 N–H and O–H groups in total. The van der Waals surface area contributed by atoms with Crippen LogP contribution in [0.5, 0.6) is 11.5 Å². The SMILES string of the molecule is COc1ccnc(CNCC2CCCCC2)c1OC. The Bertz CT molecular complexity index is 390. The summed E-state index contributed by atoms with van der Waals surface area (Å²) in [7, 11) is 3.31. The van der Waals surface area contributed by atoms with E-state index in [1.807, 2.05) is 6.07 Å². The van der Waals surface area contributed by atoms with Crippen LogP contribution in [-0.4, -0.2) is 25.7 Å². The van der Waals surface area contributed by atoms with Gasteiger partial charge >= 0.3 is 0 Å². The number of hydrogen-bond donors (Lipinski definition) is 1. The molecule has 0 unspecified atom stereocenters. The largest absolute Gasteiger partial charge is 0.493 e. The van der Waals surface area contributed by atoms with E-state index in [0.717, 1.165) is 36.2 Å². The van der Waals surface area contributed by atoms with Gasteiger partial charge in [-0.3, -0.25) is 4.98 Å². The normalized spacial score (nSPS) is 16.3. The Morgan fingerprint density at radius 3 is 2.68 bits per heavy atom. The molecule has 0 radical (unpaired) electrons. The summed E-state index contributed by atoms with van der Waals surface area (Å²) in [6, 6.07) is 1.82. The number of hydrogen-bond acceptors (Lipinski definition) is 4. The molecule has 0 atom stereocenters. The lowest BCUT2D eigenvalue weighted by atomic mass is 9.89. The summed E-state index contributed by atoms with van der Waals surface area (Å²) < 4.78 is 10.7. The lowest BCUT2D eigenvalue weighted by molar-refractivity contribution is 0.334. The highest BCUT2D eigenvalue weighted by Gasteiger charge is 2.14. The Kier molecular flexibility index (Phi) is 5.45. The average molecular weight is 264 g/mol. The molecule has 1 heterocycles. The molecule has 106 valence electrons. The second-order valence-corrected chi connectivity index (χ2v) is 5.13. The van der Waals surface area contributed by atoms with Crippen LogP contribution in [-0.2, 0) is 6.54 Å².